The highest BCUT2D eigenvalue weighted by molar-refractivity contribution is 7.92. The molecule has 1 aliphatic rings. The van der Waals surface area contributed by atoms with Crippen LogP contribution >= 0.6 is 0 Å². The Balaban J connectivity index is 1.59. The minimum atomic E-state index is -3.80. The second-order valence-electron chi connectivity index (χ2n) is 8.63. The van der Waals surface area contributed by atoms with Gasteiger partial charge in [0, 0.05) is 13.1 Å². The van der Waals surface area contributed by atoms with Crippen molar-refractivity contribution in [2.24, 2.45) is 0 Å². The van der Waals surface area contributed by atoms with Gasteiger partial charge in [0.25, 0.3) is 0 Å². The lowest BCUT2D eigenvalue weighted by molar-refractivity contribution is -0.121. The van der Waals surface area contributed by atoms with Crippen LogP contribution < -0.4 is 19.1 Å². The summed E-state index contributed by atoms with van der Waals surface area (Å²) in [7, 11) is -5.86. The van der Waals surface area contributed by atoms with Gasteiger partial charge in [-0.3, -0.25) is 9.10 Å². The zero-order valence-corrected chi connectivity index (χ0v) is 22.6. The molecule has 2 aromatic rings. The zero-order chi connectivity index (χ0) is 26.5. The standard InChI is InChI=1S/C24H33N3O7S2/c1-18-7-12-23(33-3)22(17-18)27(35(4,29)30)19(2)24(28)25-13-16-34-20-8-10-21(11-9-20)36(31,32)26-14-5-6-15-26/h7-12,17,19H,5-6,13-16H2,1-4H3,(H,25,28)/t19-/m0/s1. The third kappa shape index (κ3) is 6.48. The maximum absolute atomic E-state index is 12.8. The van der Waals surface area contributed by atoms with Crippen molar-refractivity contribution >= 4 is 31.6 Å². The van der Waals surface area contributed by atoms with Gasteiger partial charge in [0.1, 0.15) is 24.1 Å². The SMILES string of the molecule is COc1ccc(C)cc1N([C@@H](C)C(=O)NCCOc1ccc(S(=O)(=O)N2CCCC2)cc1)S(C)(=O)=O. The molecule has 0 bridgehead atoms. The van der Waals surface area contributed by atoms with Crippen LogP contribution in [0.4, 0.5) is 5.69 Å². The molecule has 1 heterocycles. The van der Waals surface area contributed by atoms with E-state index >= 15 is 0 Å². The Morgan fingerprint density at radius 3 is 2.31 bits per heavy atom. The molecule has 1 fully saturated rings. The average molecular weight is 540 g/mol. The molecule has 0 spiro atoms. The summed E-state index contributed by atoms with van der Waals surface area (Å²) in [5.41, 5.74) is 1.10. The van der Waals surface area contributed by atoms with Gasteiger partial charge in [-0.15, -0.1) is 0 Å². The number of aryl methyl sites for hydroxylation is 1. The number of nitrogens with one attached hydrogen (secondary N) is 1. The molecule has 3 rings (SSSR count). The molecule has 10 nitrogen and oxygen atoms in total. The van der Waals surface area contributed by atoms with Crippen LogP contribution in [-0.2, 0) is 24.8 Å². The molecule has 0 aromatic heterocycles. The van der Waals surface area contributed by atoms with E-state index in [0.717, 1.165) is 29.0 Å². The normalized spacial score (nSPS) is 15.3. The maximum atomic E-state index is 12.8. The molecule has 0 aliphatic carbocycles. The molecule has 36 heavy (non-hydrogen) atoms. The number of hydrogen-bond donors (Lipinski definition) is 1. The molecule has 1 aliphatic heterocycles. The third-order valence-electron chi connectivity index (χ3n) is 5.86. The minimum Gasteiger partial charge on any atom is -0.495 e. The summed E-state index contributed by atoms with van der Waals surface area (Å²) >= 11 is 0. The maximum Gasteiger partial charge on any atom is 0.243 e. The molecule has 1 saturated heterocycles. The number of benzene rings is 2. The van der Waals surface area contributed by atoms with Gasteiger partial charge in [-0.25, -0.2) is 16.8 Å². The second kappa shape index (κ2) is 11.5. The highest BCUT2D eigenvalue weighted by Gasteiger charge is 2.31. The summed E-state index contributed by atoms with van der Waals surface area (Å²) in [5.74, 6) is 0.295. The van der Waals surface area contributed by atoms with Crippen molar-refractivity contribution < 1.29 is 31.1 Å². The number of hydrogen-bond acceptors (Lipinski definition) is 7. The van der Waals surface area contributed by atoms with Crippen molar-refractivity contribution in [1.82, 2.24) is 9.62 Å². The van der Waals surface area contributed by atoms with E-state index in [0.29, 0.717) is 24.6 Å². The van der Waals surface area contributed by atoms with Crippen LogP contribution in [0.5, 0.6) is 11.5 Å². The summed E-state index contributed by atoms with van der Waals surface area (Å²) in [6.45, 7) is 4.62. The van der Waals surface area contributed by atoms with E-state index in [4.69, 9.17) is 9.47 Å². The van der Waals surface area contributed by atoms with Crippen molar-refractivity contribution in [3.8, 4) is 11.5 Å². The summed E-state index contributed by atoms with van der Waals surface area (Å²) < 4.78 is 63.8. The Bertz CT molecular complexity index is 1270. The molecule has 12 heteroatoms. The van der Waals surface area contributed by atoms with E-state index in [1.165, 1.54) is 30.5 Å². The first-order valence-corrected chi connectivity index (χ1v) is 14.9. The van der Waals surface area contributed by atoms with E-state index in [-0.39, 0.29) is 23.7 Å². The molecule has 2 aromatic carbocycles. The molecular formula is C24H33N3O7S2. The summed E-state index contributed by atoms with van der Waals surface area (Å²) in [6.07, 6.45) is 2.77. The molecular weight excluding hydrogens is 506 g/mol. The zero-order valence-electron chi connectivity index (χ0n) is 20.9. The second-order valence-corrected chi connectivity index (χ2v) is 12.4. The highest BCUT2D eigenvalue weighted by atomic mass is 32.2. The average Bonchev–Trinajstić information content (AvgIpc) is 3.37. The van der Waals surface area contributed by atoms with E-state index < -0.39 is 32.0 Å². The number of rotatable bonds is 11. The van der Waals surface area contributed by atoms with Gasteiger partial charge in [0.05, 0.1) is 30.5 Å². The largest absolute Gasteiger partial charge is 0.495 e. The fraction of sp³-hybridized carbons (Fsp3) is 0.458. The Morgan fingerprint density at radius 1 is 1.08 bits per heavy atom. The molecule has 0 saturated carbocycles. The first kappa shape index (κ1) is 27.8. The van der Waals surface area contributed by atoms with Crippen LogP contribution in [0.2, 0.25) is 0 Å². The quantitative estimate of drug-likeness (QED) is 0.434. The Kier molecular flexibility index (Phi) is 8.85. The number of anilines is 1. The van der Waals surface area contributed by atoms with Crippen LogP contribution in [0, 0.1) is 6.92 Å². The van der Waals surface area contributed by atoms with Crippen molar-refractivity contribution in [3.63, 3.8) is 0 Å². The van der Waals surface area contributed by atoms with Crippen LogP contribution in [0.3, 0.4) is 0 Å². The lowest BCUT2D eigenvalue weighted by atomic mass is 10.2. The number of amides is 1. The van der Waals surface area contributed by atoms with Crippen LogP contribution in [0.25, 0.3) is 0 Å². The lowest BCUT2D eigenvalue weighted by Gasteiger charge is -2.29. The topological polar surface area (TPSA) is 122 Å². The first-order valence-electron chi connectivity index (χ1n) is 11.6. The number of ether oxygens (including phenoxy) is 2. The van der Waals surface area contributed by atoms with Crippen LogP contribution in [0.1, 0.15) is 25.3 Å². The van der Waals surface area contributed by atoms with E-state index in [2.05, 4.69) is 5.32 Å². The van der Waals surface area contributed by atoms with Gasteiger partial charge in [-0.1, -0.05) is 6.07 Å². The fourth-order valence-corrected chi connectivity index (χ4v) is 6.72. The number of sulfonamides is 2. The molecule has 0 unspecified atom stereocenters. The van der Waals surface area contributed by atoms with E-state index in [9.17, 15) is 21.6 Å². The minimum absolute atomic E-state index is 0.114. The molecule has 1 amide bonds. The number of nitrogens with zero attached hydrogens (tertiary/aromatic N) is 2. The number of carbonyl (C=O) groups excluding carboxylic acids is 1. The van der Waals surface area contributed by atoms with Gasteiger partial charge >= 0.3 is 0 Å². The van der Waals surface area contributed by atoms with Gasteiger partial charge in [-0.2, -0.15) is 4.31 Å². The van der Waals surface area contributed by atoms with Gasteiger partial charge in [0.15, 0.2) is 0 Å². The summed E-state index contributed by atoms with van der Waals surface area (Å²) in [4.78, 5) is 13.0. The molecule has 0 radical (unpaired) electrons. The smallest absolute Gasteiger partial charge is 0.243 e. The molecule has 198 valence electrons. The number of methoxy groups -OCH3 is 1. The monoisotopic (exact) mass is 539 g/mol. The Morgan fingerprint density at radius 2 is 1.72 bits per heavy atom. The van der Waals surface area contributed by atoms with Crippen molar-refractivity contribution in [2.45, 2.75) is 37.6 Å². The predicted octanol–water partition coefficient (Wildman–Crippen LogP) is 2.14. The van der Waals surface area contributed by atoms with Gasteiger partial charge in [-0.05, 0) is 68.7 Å². The molecule has 1 N–H and O–H groups in total. The lowest BCUT2D eigenvalue weighted by Crippen LogP contribution is -2.48. The van der Waals surface area contributed by atoms with Crippen LogP contribution in [0.15, 0.2) is 47.4 Å². The number of carbonyl (C=O) groups is 1. The third-order valence-corrected chi connectivity index (χ3v) is 9.00. The molecule has 1 atom stereocenters. The highest BCUT2D eigenvalue weighted by Crippen LogP contribution is 2.32. The van der Waals surface area contributed by atoms with Gasteiger partial charge in [0.2, 0.25) is 26.0 Å². The van der Waals surface area contributed by atoms with E-state index in [1.54, 1.807) is 30.3 Å². The summed E-state index contributed by atoms with van der Waals surface area (Å²) in [6, 6.07) is 10.2. The predicted molar refractivity (Wildman–Crippen MR) is 137 cm³/mol. The van der Waals surface area contributed by atoms with Crippen molar-refractivity contribution in [2.75, 3.05) is 43.9 Å². The Labute approximate surface area is 213 Å². The first-order chi connectivity index (χ1) is 16.9. The van der Waals surface area contributed by atoms with Gasteiger partial charge < -0.3 is 14.8 Å². The van der Waals surface area contributed by atoms with Crippen molar-refractivity contribution in [3.05, 3.63) is 48.0 Å². The van der Waals surface area contributed by atoms with Crippen molar-refractivity contribution in [1.29, 1.82) is 0 Å². The summed E-state index contributed by atoms with van der Waals surface area (Å²) in [5, 5.41) is 2.69. The Hall–Kier alpha value is -2.83. The van der Waals surface area contributed by atoms with E-state index in [1.807, 2.05) is 6.92 Å². The van der Waals surface area contributed by atoms with Crippen LogP contribution in [-0.4, -0.2) is 72.7 Å². The fourth-order valence-electron chi connectivity index (χ4n) is 4.03.